The second-order valence-electron chi connectivity index (χ2n) is 4.49. The Labute approximate surface area is 127 Å². The highest BCUT2D eigenvalue weighted by Crippen LogP contribution is 2.26. The smallest absolute Gasteiger partial charge is 0.293 e. The number of benzene rings is 1. The van der Waals surface area contributed by atoms with Crippen molar-refractivity contribution >= 4 is 15.9 Å². The van der Waals surface area contributed by atoms with Gasteiger partial charge < -0.3 is 9.47 Å². The Morgan fingerprint density at radius 1 is 1.15 bits per heavy atom. The molecule has 1 aliphatic rings. The van der Waals surface area contributed by atoms with Crippen molar-refractivity contribution in [3.63, 3.8) is 0 Å². The molecule has 1 atom stereocenters. The van der Waals surface area contributed by atoms with Crippen LogP contribution < -0.4 is 20.7 Å². The van der Waals surface area contributed by atoms with E-state index >= 15 is 0 Å². The van der Waals surface area contributed by atoms with Gasteiger partial charge in [-0.15, -0.1) is 0 Å². The molecular weight excluding hydrogens is 326 g/mol. The highest BCUT2D eigenvalue weighted by molar-refractivity contribution is 9.10. The molecule has 6 nitrogen and oxygen atoms in total. The maximum absolute atomic E-state index is 5.94. The lowest BCUT2D eigenvalue weighted by Crippen LogP contribution is -2.59. The zero-order valence-electron chi connectivity index (χ0n) is 11.8. The fourth-order valence-electron chi connectivity index (χ4n) is 1.92. The molecule has 2 rings (SSSR count). The van der Waals surface area contributed by atoms with Gasteiger partial charge in [-0.25, -0.2) is 0 Å². The molecule has 1 saturated heterocycles. The molecule has 0 aromatic heterocycles. The van der Waals surface area contributed by atoms with Gasteiger partial charge in [0.2, 0.25) is 0 Å². The Hall–Kier alpha value is -0.700. The fourth-order valence-corrected chi connectivity index (χ4v) is 2.19. The Bertz CT molecular complexity index is 439. The Morgan fingerprint density at radius 3 is 2.30 bits per heavy atom. The molecule has 3 N–H and O–H groups in total. The van der Waals surface area contributed by atoms with Crippen LogP contribution in [0.5, 0.6) is 5.75 Å². The van der Waals surface area contributed by atoms with Gasteiger partial charge in [0, 0.05) is 4.47 Å². The van der Waals surface area contributed by atoms with E-state index in [1.807, 2.05) is 31.3 Å². The van der Waals surface area contributed by atoms with E-state index in [2.05, 4.69) is 31.9 Å². The van der Waals surface area contributed by atoms with Gasteiger partial charge in [0.1, 0.15) is 12.4 Å². The third-order valence-corrected chi connectivity index (χ3v) is 3.78. The minimum atomic E-state index is -0.994. The largest absolute Gasteiger partial charge is 0.489 e. The highest BCUT2D eigenvalue weighted by Gasteiger charge is 2.49. The van der Waals surface area contributed by atoms with Crippen molar-refractivity contribution in [1.29, 1.82) is 0 Å². The molecule has 1 heterocycles. The molecule has 0 unspecified atom stereocenters. The van der Waals surface area contributed by atoms with Crippen molar-refractivity contribution in [3.05, 3.63) is 28.7 Å². The lowest BCUT2D eigenvalue weighted by molar-refractivity contribution is -0.231. The molecule has 0 amide bonds. The van der Waals surface area contributed by atoms with E-state index < -0.39 is 11.8 Å². The van der Waals surface area contributed by atoms with Gasteiger partial charge >= 0.3 is 0 Å². The summed E-state index contributed by atoms with van der Waals surface area (Å²) in [5, 5.41) is 9.05. The first kappa shape index (κ1) is 15.7. The molecule has 112 valence electrons. The van der Waals surface area contributed by atoms with Crippen LogP contribution in [0.15, 0.2) is 28.7 Å². The first-order valence-corrected chi connectivity index (χ1v) is 7.15. The first-order valence-electron chi connectivity index (χ1n) is 6.36. The highest BCUT2D eigenvalue weighted by atomic mass is 79.9. The van der Waals surface area contributed by atoms with Crippen molar-refractivity contribution in [3.8, 4) is 5.75 Å². The van der Waals surface area contributed by atoms with Crippen molar-refractivity contribution in [1.82, 2.24) is 16.0 Å². The van der Waals surface area contributed by atoms with Gasteiger partial charge in [0.05, 0.1) is 6.61 Å². The summed E-state index contributed by atoms with van der Waals surface area (Å²) in [7, 11) is 5.34. The molecule has 1 fully saturated rings. The molecule has 7 heteroatoms. The second kappa shape index (κ2) is 6.38. The van der Waals surface area contributed by atoms with E-state index in [9.17, 15) is 0 Å². The van der Waals surface area contributed by atoms with E-state index in [0.717, 1.165) is 10.2 Å². The molecule has 0 aliphatic carbocycles. The number of hydrogen-bond donors (Lipinski definition) is 3. The SMILES string of the molecule is CNC1(NC)OC[C@@](COc2ccc(Br)cc2)(NC)O1. The number of likely N-dealkylation sites (N-methyl/N-ethyl adjacent to an activating group) is 1. The monoisotopic (exact) mass is 345 g/mol. The number of halogens is 1. The van der Waals surface area contributed by atoms with Gasteiger partial charge in [0.25, 0.3) is 6.03 Å². The van der Waals surface area contributed by atoms with Crippen molar-refractivity contribution in [2.24, 2.45) is 0 Å². The van der Waals surface area contributed by atoms with Gasteiger partial charge in [-0.2, -0.15) is 0 Å². The molecule has 0 radical (unpaired) electrons. The quantitative estimate of drug-likeness (QED) is 0.664. The van der Waals surface area contributed by atoms with Crippen molar-refractivity contribution < 1.29 is 14.2 Å². The number of nitrogens with one attached hydrogen (secondary N) is 3. The summed E-state index contributed by atoms with van der Waals surface area (Å²) in [6, 6.07) is 6.66. The average Bonchev–Trinajstić information content (AvgIpc) is 2.88. The molecule has 1 aromatic rings. The Balaban J connectivity index is 2.01. The predicted molar refractivity (Wildman–Crippen MR) is 79.3 cm³/mol. The summed E-state index contributed by atoms with van der Waals surface area (Å²) in [6.45, 7) is 0.692. The summed E-state index contributed by atoms with van der Waals surface area (Å²) in [5.41, 5.74) is -0.709. The minimum absolute atomic E-state index is 0.330. The van der Waals surface area contributed by atoms with Crippen LogP contribution in [0.3, 0.4) is 0 Å². The van der Waals surface area contributed by atoms with Crippen LogP contribution in [0, 0.1) is 0 Å². The molecule has 0 bridgehead atoms. The average molecular weight is 346 g/mol. The van der Waals surface area contributed by atoms with Crippen LogP contribution in [-0.2, 0) is 9.47 Å². The van der Waals surface area contributed by atoms with Crippen LogP contribution in [0.4, 0.5) is 0 Å². The molecule has 1 aliphatic heterocycles. The number of ether oxygens (including phenoxy) is 3. The molecule has 20 heavy (non-hydrogen) atoms. The zero-order valence-corrected chi connectivity index (χ0v) is 13.4. The van der Waals surface area contributed by atoms with E-state index in [4.69, 9.17) is 14.2 Å². The van der Waals surface area contributed by atoms with Gasteiger partial charge in [-0.05, 0) is 45.4 Å². The Morgan fingerprint density at radius 2 is 1.80 bits per heavy atom. The zero-order chi connectivity index (χ0) is 14.6. The normalized spacial score (nSPS) is 24.8. The van der Waals surface area contributed by atoms with Crippen LogP contribution in [0.25, 0.3) is 0 Å². The van der Waals surface area contributed by atoms with Gasteiger partial charge in [-0.3, -0.25) is 20.7 Å². The van der Waals surface area contributed by atoms with Crippen LogP contribution in [0.1, 0.15) is 0 Å². The second-order valence-corrected chi connectivity index (χ2v) is 5.41. The number of hydrogen-bond acceptors (Lipinski definition) is 6. The van der Waals surface area contributed by atoms with Crippen LogP contribution in [-0.4, -0.2) is 46.1 Å². The van der Waals surface area contributed by atoms with Gasteiger partial charge in [-0.1, -0.05) is 15.9 Å². The molecule has 0 saturated carbocycles. The fraction of sp³-hybridized carbons (Fsp3) is 0.538. The molecule has 0 spiro atoms. The first-order chi connectivity index (χ1) is 9.57. The lowest BCUT2D eigenvalue weighted by atomic mass is 10.2. The molecular formula is C13H20BrN3O3. The van der Waals surface area contributed by atoms with Crippen molar-refractivity contribution in [2.45, 2.75) is 11.8 Å². The van der Waals surface area contributed by atoms with E-state index in [1.165, 1.54) is 0 Å². The summed E-state index contributed by atoms with van der Waals surface area (Å²) >= 11 is 3.39. The van der Waals surface area contributed by atoms with Crippen LogP contribution in [0.2, 0.25) is 0 Å². The van der Waals surface area contributed by atoms with E-state index in [-0.39, 0.29) is 0 Å². The number of rotatable bonds is 6. The van der Waals surface area contributed by atoms with Gasteiger partial charge in [0.15, 0.2) is 5.72 Å². The maximum Gasteiger partial charge on any atom is 0.293 e. The minimum Gasteiger partial charge on any atom is -0.489 e. The molecule has 1 aromatic carbocycles. The van der Waals surface area contributed by atoms with E-state index in [0.29, 0.717) is 13.2 Å². The third kappa shape index (κ3) is 3.30. The van der Waals surface area contributed by atoms with Crippen LogP contribution >= 0.6 is 15.9 Å². The summed E-state index contributed by atoms with van der Waals surface area (Å²) in [5.74, 6) is 0.776. The predicted octanol–water partition coefficient (Wildman–Crippen LogP) is 0.841. The standard InChI is InChI=1S/C13H20BrN3O3/c1-15-12(9-19-13(16-2,17-3)20-12)8-18-11-6-4-10(14)5-7-11/h4-7,15-17H,8-9H2,1-3H3/t12-/m0/s1. The topological polar surface area (TPSA) is 63.8 Å². The third-order valence-electron chi connectivity index (χ3n) is 3.25. The Kier molecular flexibility index (Phi) is 5.00. The summed E-state index contributed by atoms with van der Waals surface area (Å²) in [4.78, 5) is 0. The summed E-state index contributed by atoms with van der Waals surface area (Å²) in [6.07, 6.45) is 0. The lowest BCUT2D eigenvalue weighted by Gasteiger charge is -2.31. The van der Waals surface area contributed by atoms with Crippen molar-refractivity contribution in [2.75, 3.05) is 34.4 Å². The summed E-state index contributed by atoms with van der Waals surface area (Å²) < 4.78 is 18.4. The van der Waals surface area contributed by atoms with E-state index in [1.54, 1.807) is 14.1 Å². The maximum atomic E-state index is 5.94.